The number of benzene rings is 2. The molecule has 3 aromatic rings. The molecule has 0 aliphatic rings. The van der Waals surface area contributed by atoms with Gasteiger partial charge in [0, 0.05) is 11.6 Å². The Morgan fingerprint density at radius 2 is 1.92 bits per heavy atom. The van der Waals surface area contributed by atoms with Crippen molar-refractivity contribution in [3.05, 3.63) is 71.7 Å². The number of nitrogens with zero attached hydrogens (tertiary/aromatic N) is 1. The Morgan fingerprint density at radius 1 is 1.16 bits per heavy atom. The summed E-state index contributed by atoms with van der Waals surface area (Å²) < 4.78 is 28.8. The van der Waals surface area contributed by atoms with Crippen molar-refractivity contribution in [2.75, 3.05) is 6.61 Å². The minimum Gasteiger partial charge on any atom is -0.479 e. The first-order valence-electron chi connectivity index (χ1n) is 7.67. The third kappa shape index (κ3) is 4.44. The number of ether oxygens (including phenoxy) is 2. The van der Waals surface area contributed by atoms with Gasteiger partial charge in [-0.15, -0.1) is 0 Å². The van der Waals surface area contributed by atoms with Crippen LogP contribution in [-0.4, -0.2) is 17.7 Å². The van der Waals surface area contributed by atoms with Crippen LogP contribution in [0.3, 0.4) is 0 Å². The Hall–Kier alpha value is -3.15. The molecule has 5 nitrogen and oxygen atoms in total. The van der Waals surface area contributed by atoms with E-state index in [2.05, 4.69) is 5.16 Å². The molecule has 0 radical (unpaired) electrons. The van der Waals surface area contributed by atoms with Gasteiger partial charge in [0.2, 0.25) is 0 Å². The van der Waals surface area contributed by atoms with Crippen molar-refractivity contribution in [2.24, 2.45) is 0 Å². The van der Waals surface area contributed by atoms with Crippen molar-refractivity contribution < 1.29 is 23.2 Å². The van der Waals surface area contributed by atoms with Gasteiger partial charge in [-0.25, -0.2) is 9.18 Å². The van der Waals surface area contributed by atoms with Gasteiger partial charge in [0.05, 0.1) is 0 Å². The van der Waals surface area contributed by atoms with Crippen LogP contribution >= 0.6 is 0 Å². The van der Waals surface area contributed by atoms with Crippen LogP contribution in [-0.2, 0) is 16.1 Å². The van der Waals surface area contributed by atoms with Gasteiger partial charge in [0.25, 0.3) is 0 Å². The number of hydrogen-bond donors (Lipinski definition) is 0. The first-order valence-corrected chi connectivity index (χ1v) is 7.67. The predicted octanol–water partition coefficient (Wildman–Crippen LogP) is 3.91. The summed E-state index contributed by atoms with van der Waals surface area (Å²) in [6, 6.07) is 15.3. The van der Waals surface area contributed by atoms with E-state index >= 15 is 0 Å². The number of carbonyl (C=O) groups excluding carboxylic acids is 1. The van der Waals surface area contributed by atoms with E-state index in [1.165, 1.54) is 18.2 Å². The molecule has 3 rings (SSSR count). The van der Waals surface area contributed by atoms with Crippen LogP contribution < -0.4 is 4.74 Å². The molecule has 0 aliphatic carbocycles. The molecule has 0 unspecified atom stereocenters. The Morgan fingerprint density at radius 3 is 2.68 bits per heavy atom. The van der Waals surface area contributed by atoms with Crippen molar-refractivity contribution in [1.82, 2.24) is 5.16 Å². The van der Waals surface area contributed by atoms with Gasteiger partial charge in [-0.1, -0.05) is 47.1 Å². The fraction of sp³-hybridized carbons (Fsp3) is 0.158. The summed E-state index contributed by atoms with van der Waals surface area (Å²) in [5.74, 6) is -0.561. The van der Waals surface area contributed by atoms with Gasteiger partial charge in [-0.3, -0.25) is 0 Å². The number of para-hydroxylation sites is 1. The van der Waals surface area contributed by atoms with E-state index in [1.807, 2.05) is 31.2 Å². The lowest BCUT2D eigenvalue weighted by atomic mass is 10.1. The molecule has 0 amide bonds. The molecular weight excluding hydrogens is 325 g/mol. The zero-order valence-corrected chi connectivity index (χ0v) is 13.6. The van der Waals surface area contributed by atoms with Gasteiger partial charge in [0.1, 0.15) is 12.3 Å². The monoisotopic (exact) mass is 341 g/mol. The van der Waals surface area contributed by atoms with Crippen molar-refractivity contribution in [3.8, 4) is 17.1 Å². The molecule has 0 fully saturated rings. The van der Waals surface area contributed by atoms with E-state index in [-0.39, 0.29) is 19.0 Å². The molecule has 25 heavy (non-hydrogen) atoms. The van der Waals surface area contributed by atoms with Gasteiger partial charge in [-0.2, -0.15) is 0 Å². The van der Waals surface area contributed by atoms with Crippen LogP contribution in [0.5, 0.6) is 5.75 Å². The molecule has 1 aromatic heterocycles. The maximum atomic E-state index is 13.4. The number of carbonyl (C=O) groups is 1. The summed E-state index contributed by atoms with van der Waals surface area (Å²) in [6.07, 6.45) is 0. The highest BCUT2D eigenvalue weighted by molar-refractivity contribution is 5.71. The SMILES string of the molecule is Cc1ccc(-c2cc(COC(=O)COc3ccccc3F)no2)cc1. The lowest BCUT2D eigenvalue weighted by molar-refractivity contribution is -0.147. The topological polar surface area (TPSA) is 61.6 Å². The Labute approximate surface area is 144 Å². The molecule has 0 saturated heterocycles. The molecule has 0 N–H and O–H groups in total. The fourth-order valence-corrected chi connectivity index (χ4v) is 2.13. The first kappa shape index (κ1) is 16.7. The minimum absolute atomic E-state index is 0.00236. The van der Waals surface area contributed by atoms with E-state index in [9.17, 15) is 9.18 Å². The Bertz CT molecular complexity index is 858. The molecule has 6 heteroatoms. The summed E-state index contributed by atoms with van der Waals surface area (Å²) in [6.45, 7) is 1.57. The van der Waals surface area contributed by atoms with Gasteiger partial charge < -0.3 is 14.0 Å². The van der Waals surface area contributed by atoms with E-state index in [0.717, 1.165) is 11.1 Å². The third-order valence-corrected chi connectivity index (χ3v) is 3.46. The number of rotatable bonds is 6. The lowest BCUT2D eigenvalue weighted by Crippen LogP contribution is -2.15. The normalized spacial score (nSPS) is 10.5. The molecule has 2 aromatic carbocycles. The number of aryl methyl sites for hydroxylation is 1. The molecular formula is C19H16FNO4. The Balaban J connectivity index is 1.51. The van der Waals surface area contributed by atoms with Crippen molar-refractivity contribution in [1.29, 1.82) is 0 Å². The molecule has 0 saturated carbocycles. The van der Waals surface area contributed by atoms with Crippen LogP contribution in [0.25, 0.3) is 11.3 Å². The number of esters is 1. The van der Waals surface area contributed by atoms with Crippen molar-refractivity contribution >= 4 is 5.97 Å². The van der Waals surface area contributed by atoms with E-state index < -0.39 is 11.8 Å². The highest BCUT2D eigenvalue weighted by Gasteiger charge is 2.11. The molecule has 0 atom stereocenters. The van der Waals surface area contributed by atoms with Crippen LogP contribution in [0.4, 0.5) is 4.39 Å². The molecule has 0 aliphatic heterocycles. The second-order valence-electron chi connectivity index (χ2n) is 5.43. The Kier molecular flexibility index (Phi) is 5.09. The van der Waals surface area contributed by atoms with Crippen molar-refractivity contribution in [3.63, 3.8) is 0 Å². The minimum atomic E-state index is -0.622. The second-order valence-corrected chi connectivity index (χ2v) is 5.43. The average molecular weight is 341 g/mol. The number of halogens is 1. The quantitative estimate of drug-likeness (QED) is 0.636. The maximum absolute atomic E-state index is 13.4. The molecule has 128 valence electrons. The third-order valence-electron chi connectivity index (χ3n) is 3.46. The van der Waals surface area contributed by atoms with Crippen LogP contribution in [0.1, 0.15) is 11.3 Å². The van der Waals surface area contributed by atoms with Crippen molar-refractivity contribution in [2.45, 2.75) is 13.5 Å². The lowest BCUT2D eigenvalue weighted by Gasteiger charge is -2.06. The zero-order chi connectivity index (χ0) is 17.6. The van der Waals surface area contributed by atoms with Gasteiger partial charge >= 0.3 is 5.97 Å². The summed E-state index contributed by atoms with van der Waals surface area (Å²) in [7, 11) is 0. The highest BCUT2D eigenvalue weighted by atomic mass is 19.1. The summed E-state index contributed by atoms with van der Waals surface area (Å²) in [5.41, 5.74) is 2.51. The largest absolute Gasteiger partial charge is 0.479 e. The number of hydrogen-bond acceptors (Lipinski definition) is 5. The summed E-state index contributed by atoms with van der Waals surface area (Å²) >= 11 is 0. The molecule has 0 spiro atoms. The smallest absolute Gasteiger partial charge is 0.344 e. The number of aromatic nitrogens is 1. The summed E-state index contributed by atoms with van der Waals surface area (Å²) in [4.78, 5) is 11.7. The van der Waals surface area contributed by atoms with Crippen LogP contribution in [0.2, 0.25) is 0 Å². The first-order chi connectivity index (χ1) is 12.1. The van der Waals surface area contributed by atoms with E-state index in [4.69, 9.17) is 14.0 Å². The molecule has 0 bridgehead atoms. The maximum Gasteiger partial charge on any atom is 0.344 e. The predicted molar refractivity (Wildman–Crippen MR) is 88.4 cm³/mol. The standard InChI is InChI=1S/C19H16FNO4/c1-13-6-8-14(9-7-13)18-10-15(21-25-18)11-24-19(22)12-23-17-5-3-2-4-16(17)20/h2-10H,11-12H2,1H3. The fourth-order valence-electron chi connectivity index (χ4n) is 2.13. The zero-order valence-electron chi connectivity index (χ0n) is 13.6. The van der Waals surface area contributed by atoms with Gasteiger partial charge in [-0.05, 0) is 19.1 Å². The van der Waals surface area contributed by atoms with Crippen LogP contribution in [0, 0.1) is 12.7 Å². The second kappa shape index (κ2) is 7.61. The van der Waals surface area contributed by atoms with Crippen LogP contribution in [0.15, 0.2) is 59.1 Å². The summed E-state index contributed by atoms with van der Waals surface area (Å²) in [5, 5.41) is 3.87. The van der Waals surface area contributed by atoms with E-state index in [0.29, 0.717) is 11.5 Å². The van der Waals surface area contributed by atoms with E-state index in [1.54, 1.807) is 12.1 Å². The molecule has 1 heterocycles. The average Bonchev–Trinajstić information content (AvgIpc) is 3.09. The van der Waals surface area contributed by atoms with Gasteiger partial charge in [0.15, 0.2) is 23.9 Å². The highest BCUT2D eigenvalue weighted by Crippen LogP contribution is 2.21.